The summed E-state index contributed by atoms with van der Waals surface area (Å²) in [7, 11) is 0. The molecule has 24 heavy (non-hydrogen) atoms. The van der Waals surface area contributed by atoms with Gasteiger partial charge in [0.05, 0.1) is 24.3 Å². The van der Waals surface area contributed by atoms with Crippen molar-refractivity contribution in [3.8, 4) is 0 Å². The smallest absolute Gasteiger partial charge is 0.329 e. The maximum Gasteiger partial charge on any atom is 0.329 e. The molecular formula is C17H19NO6. The molecule has 0 aliphatic carbocycles. The second-order valence-electron chi connectivity index (χ2n) is 5.14. The molecule has 0 radical (unpaired) electrons. The Hall–Kier alpha value is -2.70. The van der Waals surface area contributed by atoms with Crippen LogP contribution in [0.3, 0.4) is 0 Å². The van der Waals surface area contributed by atoms with E-state index in [1.165, 1.54) is 12.1 Å². The van der Waals surface area contributed by atoms with Crippen LogP contribution in [0, 0.1) is 0 Å². The monoisotopic (exact) mass is 333 g/mol. The second kappa shape index (κ2) is 7.72. The molecule has 1 heterocycles. The maximum absolute atomic E-state index is 12.5. The van der Waals surface area contributed by atoms with Crippen molar-refractivity contribution in [1.29, 1.82) is 0 Å². The Bertz CT molecular complexity index is 634. The van der Waals surface area contributed by atoms with Crippen molar-refractivity contribution < 1.29 is 28.7 Å². The standard InChI is InChI=1S/C17H19NO6/c1-3-23-14(19)10-9-13(17(22)24-4-2)18-15(20)11-7-5-6-8-12(11)16(18)21/h5-8,13H,3-4,9-10H2,1-2H3/t13-/m1/s1. The number of hydrogen-bond donors (Lipinski definition) is 0. The molecule has 0 spiro atoms. The van der Waals surface area contributed by atoms with Gasteiger partial charge >= 0.3 is 11.9 Å². The summed E-state index contributed by atoms with van der Waals surface area (Å²) in [5.74, 6) is -2.32. The van der Waals surface area contributed by atoms with E-state index >= 15 is 0 Å². The van der Waals surface area contributed by atoms with Crippen molar-refractivity contribution in [3.63, 3.8) is 0 Å². The molecule has 1 aromatic rings. The number of imide groups is 1. The summed E-state index contributed by atoms with van der Waals surface area (Å²) in [5, 5.41) is 0. The zero-order valence-corrected chi connectivity index (χ0v) is 13.6. The Morgan fingerprint density at radius 2 is 1.54 bits per heavy atom. The van der Waals surface area contributed by atoms with Gasteiger partial charge < -0.3 is 9.47 Å². The summed E-state index contributed by atoms with van der Waals surface area (Å²) in [5.41, 5.74) is 0.487. The summed E-state index contributed by atoms with van der Waals surface area (Å²) >= 11 is 0. The van der Waals surface area contributed by atoms with E-state index in [0.29, 0.717) is 0 Å². The Morgan fingerprint density at radius 3 is 2.04 bits per heavy atom. The van der Waals surface area contributed by atoms with E-state index in [1.54, 1.807) is 26.0 Å². The molecule has 128 valence electrons. The highest BCUT2D eigenvalue weighted by atomic mass is 16.5. The van der Waals surface area contributed by atoms with Crippen LogP contribution < -0.4 is 0 Å². The summed E-state index contributed by atoms with van der Waals surface area (Å²) in [6.07, 6.45) is -0.131. The minimum atomic E-state index is -1.15. The van der Waals surface area contributed by atoms with Crippen LogP contribution in [0.2, 0.25) is 0 Å². The molecule has 1 aliphatic rings. The van der Waals surface area contributed by atoms with Crippen LogP contribution in [-0.2, 0) is 19.1 Å². The first kappa shape index (κ1) is 17.7. The molecule has 0 aromatic heterocycles. The van der Waals surface area contributed by atoms with Crippen LogP contribution in [0.15, 0.2) is 24.3 Å². The number of hydrogen-bond acceptors (Lipinski definition) is 6. The summed E-state index contributed by atoms with van der Waals surface area (Å²) in [6.45, 7) is 3.63. The third kappa shape index (κ3) is 3.45. The highest BCUT2D eigenvalue weighted by molar-refractivity contribution is 6.22. The van der Waals surface area contributed by atoms with Crippen LogP contribution in [0.25, 0.3) is 0 Å². The van der Waals surface area contributed by atoms with E-state index in [2.05, 4.69) is 0 Å². The molecule has 0 fully saturated rings. The van der Waals surface area contributed by atoms with Crippen molar-refractivity contribution in [2.24, 2.45) is 0 Å². The van der Waals surface area contributed by atoms with Gasteiger partial charge in [0.1, 0.15) is 6.04 Å². The van der Waals surface area contributed by atoms with Gasteiger partial charge in [0.2, 0.25) is 0 Å². The number of rotatable bonds is 7. The Kier molecular flexibility index (Phi) is 5.68. The minimum Gasteiger partial charge on any atom is -0.466 e. The number of fused-ring (bicyclic) bond motifs is 1. The average Bonchev–Trinajstić information content (AvgIpc) is 2.81. The van der Waals surface area contributed by atoms with Gasteiger partial charge in [-0.3, -0.25) is 19.3 Å². The van der Waals surface area contributed by atoms with Gasteiger partial charge in [-0.25, -0.2) is 4.79 Å². The van der Waals surface area contributed by atoms with Crippen LogP contribution in [0.1, 0.15) is 47.4 Å². The third-order valence-corrected chi connectivity index (χ3v) is 3.62. The minimum absolute atomic E-state index is 0.0386. The lowest BCUT2D eigenvalue weighted by Crippen LogP contribution is -2.46. The fourth-order valence-electron chi connectivity index (χ4n) is 2.57. The van der Waals surface area contributed by atoms with Crippen molar-refractivity contribution in [3.05, 3.63) is 35.4 Å². The van der Waals surface area contributed by atoms with E-state index in [9.17, 15) is 19.2 Å². The van der Waals surface area contributed by atoms with Gasteiger partial charge in [-0.2, -0.15) is 0 Å². The van der Waals surface area contributed by atoms with Crippen molar-refractivity contribution in [1.82, 2.24) is 4.90 Å². The molecule has 1 atom stereocenters. The SMILES string of the molecule is CCOC(=O)CC[C@H](C(=O)OCC)N1C(=O)c2ccccc2C1=O. The van der Waals surface area contributed by atoms with Crippen molar-refractivity contribution in [2.75, 3.05) is 13.2 Å². The van der Waals surface area contributed by atoms with E-state index in [1.807, 2.05) is 0 Å². The van der Waals surface area contributed by atoms with Crippen LogP contribution in [0.4, 0.5) is 0 Å². The molecule has 1 aliphatic heterocycles. The largest absolute Gasteiger partial charge is 0.466 e. The van der Waals surface area contributed by atoms with Crippen LogP contribution in [0.5, 0.6) is 0 Å². The van der Waals surface area contributed by atoms with Gasteiger partial charge in [-0.1, -0.05) is 12.1 Å². The second-order valence-corrected chi connectivity index (χ2v) is 5.14. The Balaban J connectivity index is 2.24. The van der Waals surface area contributed by atoms with Gasteiger partial charge in [-0.05, 0) is 32.4 Å². The van der Waals surface area contributed by atoms with Crippen molar-refractivity contribution >= 4 is 23.8 Å². The molecular weight excluding hydrogens is 314 g/mol. The van der Waals surface area contributed by atoms with Gasteiger partial charge in [-0.15, -0.1) is 0 Å². The lowest BCUT2D eigenvalue weighted by molar-refractivity contribution is -0.149. The number of amides is 2. The highest BCUT2D eigenvalue weighted by Crippen LogP contribution is 2.26. The number of ether oxygens (including phenoxy) is 2. The average molecular weight is 333 g/mol. The fraction of sp³-hybridized carbons (Fsp3) is 0.412. The molecule has 0 saturated heterocycles. The first-order valence-corrected chi connectivity index (χ1v) is 7.80. The Morgan fingerprint density at radius 1 is 1.00 bits per heavy atom. The normalized spacial score (nSPS) is 14.3. The van der Waals surface area contributed by atoms with Crippen molar-refractivity contribution in [2.45, 2.75) is 32.7 Å². The lowest BCUT2D eigenvalue weighted by Gasteiger charge is -2.24. The zero-order valence-electron chi connectivity index (χ0n) is 13.6. The first-order valence-electron chi connectivity index (χ1n) is 7.80. The molecule has 0 N–H and O–H groups in total. The summed E-state index contributed by atoms with van der Waals surface area (Å²) < 4.78 is 9.80. The Labute approximate surface area is 139 Å². The topological polar surface area (TPSA) is 90.0 Å². The molecule has 0 bridgehead atoms. The number of nitrogens with zero attached hydrogens (tertiary/aromatic N) is 1. The van der Waals surface area contributed by atoms with Gasteiger partial charge in [0, 0.05) is 6.42 Å². The summed E-state index contributed by atoms with van der Waals surface area (Å²) in [6, 6.07) is 5.20. The zero-order chi connectivity index (χ0) is 17.7. The first-order chi connectivity index (χ1) is 11.5. The predicted octanol–water partition coefficient (Wildman–Crippen LogP) is 1.56. The van der Waals surface area contributed by atoms with E-state index in [4.69, 9.17) is 9.47 Å². The van der Waals surface area contributed by atoms with E-state index < -0.39 is 29.8 Å². The van der Waals surface area contributed by atoms with E-state index in [-0.39, 0.29) is 37.2 Å². The van der Waals surface area contributed by atoms with E-state index in [0.717, 1.165) is 4.90 Å². The highest BCUT2D eigenvalue weighted by Gasteiger charge is 2.43. The molecule has 0 unspecified atom stereocenters. The van der Waals surface area contributed by atoms with Gasteiger partial charge in [0.15, 0.2) is 0 Å². The molecule has 1 aromatic carbocycles. The molecule has 2 rings (SSSR count). The van der Waals surface area contributed by atoms with Gasteiger partial charge in [0.25, 0.3) is 11.8 Å². The molecule has 7 nitrogen and oxygen atoms in total. The van der Waals surface area contributed by atoms with Crippen LogP contribution in [-0.4, -0.2) is 47.9 Å². The number of carbonyl (C=O) groups excluding carboxylic acids is 4. The molecule has 7 heteroatoms. The summed E-state index contributed by atoms with van der Waals surface area (Å²) in [4.78, 5) is 49.7. The number of benzene rings is 1. The number of esters is 2. The predicted molar refractivity (Wildman–Crippen MR) is 83.2 cm³/mol. The van der Waals surface area contributed by atoms with Crippen LogP contribution >= 0.6 is 0 Å². The maximum atomic E-state index is 12.5. The fourth-order valence-corrected chi connectivity index (χ4v) is 2.57. The number of carbonyl (C=O) groups is 4. The third-order valence-electron chi connectivity index (χ3n) is 3.62. The molecule has 2 amide bonds. The quantitative estimate of drug-likeness (QED) is 0.555. The lowest BCUT2D eigenvalue weighted by atomic mass is 10.1. The molecule has 0 saturated carbocycles.